The first-order chi connectivity index (χ1) is 5.13. The lowest BCUT2D eigenvalue weighted by molar-refractivity contribution is -0.137. The smallest absolute Gasteiger partial charge is 0.394 e. The number of hydrogen-bond donors (Lipinski definition) is 4. The van der Waals surface area contributed by atoms with E-state index in [9.17, 15) is 4.79 Å². The highest BCUT2D eigenvalue weighted by molar-refractivity contribution is 7.79. The summed E-state index contributed by atoms with van der Waals surface area (Å²) in [5.74, 6) is -0.838. The number of nitrogens with two attached hydrogens (primary N) is 1. The molecule has 5 N–H and O–H groups in total. The molecule has 7 nitrogen and oxygen atoms in total. The number of hydrogen-bond acceptors (Lipinski definition) is 4. The van der Waals surface area contributed by atoms with Gasteiger partial charge in [-0.05, 0) is 6.92 Å². The second-order valence-electron chi connectivity index (χ2n) is 2.02. The van der Waals surface area contributed by atoms with Crippen LogP contribution in [0.3, 0.4) is 0 Å². The maximum Gasteiger partial charge on any atom is 0.394 e. The van der Waals surface area contributed by atoms with Crippen molar-refractivity contribution in [2.24, 2.45) is 5.73 Å². The van der Waals surface area contributed by atoms with Crippen molar-refractivity contribution < 1.29 is 27.4 Å². The second-order valence-corrected chi connectivity index (χ2v) is 2.92. The van der Waals surface area contributed by atoms with Gasteiger partial charge in [0, 0.05) is 6.04 Å². The van der Waals surface area contributed by atoms with Gasteiger partial charge in [0.2, 0.25) is 0 Å². The summed E-state index contributed by atoms with van der Waals surface area (Å²) < 4.78 is 31.6. The van der Waals surface area contributed by atoms with E-state index in [0.29, 0.717) is 0 Å². The molecule has 0 saturated carbocycles. The van der Waals surface area contributed by atoms with E-state index in [-0.39, 0.29) is 12.5 Å². The van der Waals surface area contributed by atoms with Gasteiger partial charge in [-0.2, -0.15) is 8.42 Å². The molecule has 0 aliphatic carbocycles. The van der Waals surface area contributed by atoms with Gasteiger partial charge in [-0.1, -0.05) is 0 Å². The molecular weight excluding hydrogens is 190 g/mol. The standard InChI is InChI=1S/C4H9NO2.H2O4S/c1-3(5)2-4(6)7;1-5(2,3)4/h3H,2,5H2,1H3,(H,6,7);(H2,1,2,3,4)/t3-;/m0./s1. The highest BCUT2D eigenvalue weighted by atomic mass is 32.3. The molecule has 0 aromatic heterocycles. The minimum absolute atomic E-state index is 0.0556. The third kappa shape index (κ3) is 58.8. The summed E-state index contributed by atoms with van der Waals surface area (Å²) in [7, 11) is -4.67. The summed E-state index contributed by atoms with van der Waals surface area (Å²) in [6.45, 7) is 1.66. The molecule has 1 atom stereocenters. The Hall–Kier alpha value is -0.700. The summed E-state index contributed by atoms with van der Waals surface area (Å²) in [4.78, 5) is 9.73. The van der Waals surface area contributed by atoms with Crippen LogP contribution in [0.1, 0.15) is 13.3 Å². The topological polar surface area (TPSA) is 138 Å². The van der Waals surface area contributed by atoms with Crippen molar-refractivity contribution in [3.63, 3.8) is 0 Å². The third-order valence-electron chi connectivity index (χ3n) is 0.497. The van der Waals surface area contributed by atoms with Gasteiger partial charge in [-0.3, -0.25) is 13.9 Å². The zero-order chi connectivity index (χ0) is 10.4. The lowest BCUT2D eigenvalue weighted by Gasteiger charge is -1.95. The van der Waals surface area contributed by atoms with E-state index in [1.54, 1.807) is 6.92 Å². The fraction of sp³-hybridized carbons (Fsp3) is 0.750. The van der Waals surface area contributed by atoms with E-state index >= 15 is 0 Å². The van der Waals surface area contributed by atoms with Gasteiger partial charge in [0.05, 0.1) is 6.42 Å². The van der Waals surface area contributed by atoms with Gasteiger partial charge < -0.3 is 10.8 Å². The fourth-order valence-electron chi connectivity index (χ4n) is 0.275. The molecular formula is C4H11NO6S. The molecule has 0 aliphatic rings. The Bertz CT molecular complexity index is 212. The number of carbonyl (C=O) groups is 1. The van der Waals surface area contributed by atoms with Crippen LogP contribution in [0.2, 0.25) is 0 Å². The molecule has 0 saturated heterocycles. The molecule has 0 unspecified atom stereocenters. The van der Waals surface area contributed by atoms with Crippen LogP contribution in [0.4, 0.5) is 0 Å². The summed E-state index contributed by atoms with van der Waals surface area (Å²) in [5.41, 5.74) is 5.11. The first-order valence-electron chi connectivity index (χ1n) is 2.80. The first kappa shape index (κ1) is 13.9. The van der Waals surface area contributed by atoms with E-state index in [4.69, 9.17) is 28.4 Å². The minimum Gasteiger partial charge on any atom is -0.481 e. The van der Waals surface area contributed by atoms with Crippen molar-refractivity contribution in [2.75, 3.05) is 0 Å². The van der Waals surface area contributed by atoms with Crippen LogP contribution in [0.15, 0.2) is 0 Å². The van der Waals surface area contributed by atoms with Crippen LogP contribution in [-0.2, 0) is 15.2 Å². The first-order valence-corrected chi connectivity index (χ1v) is 4.20. The highest BCUT2D eigenvalue weighted by Crippen LogP contribution is 1.82. The predicted octanol–water partition coefficient (Wildman–Crippen LogP) is -0.844. The van der Waals surface area contributed by atoms with Gasteiger partial charge in [0.15, 0.2) is 0 Å². The van der Waals surface area contributed by atoms with Gasteiger partial charge >= 0.3 is 16.4 Å². The lowest BCUT2D eigenvalue weighted by atomic mass is 10.3. The van der Waals surface area contributed by atoms with Crippen molar-refractivity contribution in [1.29, 1.82) is 0 Å². The Morgan fingerprint density at radius 2 is 1.75 bits per heavy atom. The Balaban J connectivity index is 0. The summed E-state index contributed by atoms with van der Waals surface area (Å²) in [6.07, 6.45) is 0.0556. The minimum atomic E-state index is -4.67. The van der Waals surface area contributed by atoms with E-state index in [1.807, 2.05) is 0 Å². The second kappa shape index (κ2) is 5.89. The van der Waals surface area contributed by atoms with Gasteiger partial charge in [-0.15, -0.1) is 0 Å². The Labute approximate surface area is 69.8 Å². The number of carboxylic acids is 1. The zero-order valence-electron chi connectivity index (χ0n) is 6.34. The van der Waals surface area contributed by atoms with E-state index in [1.165, 1.54) is 0 Å². The molecule has 8 heteroatoms. The number of rotatable bonds is 2. The summed E-state index contributed by atoms with van der Waals surface area (Å²) in [6, 6.07) is -0.225. The van der Waals surface area contributed by atoms with Crippen molar-refractivity contribution in [3.8, 4) is 0 Å². The monoisotopic (exact) mass is 201 g/mol. The van der Waals surface area contributed by atoms with Crippen molar-refractivity contribution in [2.45, 2.75) is 19.4 Å². The molecule has 74 valence electrons. The normalized spacial score (nSPS) is 12.7. The third-order valence-corrected chi connectivity index (χ3v) is 0.497. The Kier molecular flexibility index (Phi) is 6.80. The Morgan fingerprint density at radius 1 is 1.50 bits per heavy atom. The molecule has 12 heavy (non-hydrogen) atoms. The lowest BCUT2D eigenvalue weighted by Crippen LogP contribution is -2.18. The van der Waals surface area contributed by atoms with Crippen LogP contribution in [0.25, 0.3) is 0 Å². The van der Waals surface area contributed by atoms with Crippen molar-refractivity contribution in [3.05, 3.63) is 0 Å². The molecule has 0 aromatic rings. The largest absolute Gasteiger partial charge is 0.481 e. The van der Waals surface area contributed by atoms with Crippen LogP contribution in [-0.4, -0.2) is 34.6 Å². The maximum absolute atomic E-state index is 9.73. The number of carboxylic acid groups (broad SMARTS) is 1. The van der Waals surface area contributed by atoms with Gasteiger partial charge in [-0.25, -0.2) is 0 Å². The van der Waals surface area contributed by atoms with Crippen LogP contribution in [0.5, 0.6) is 0 Å². The number of aliphatic carboxylic acids is 1. The molecule has 0 fully saturated rings. The fourth-order valence-corrected chi connectivity index (χ4v) is 0.275. The average molecular weight is 201 g/mol. The molecule has 0 aliphatic heterocycles. The van der Waals surface area contributed by atoms with Gasteiger partial charge in [0.25, 0.3) is 0 Å². The molecule has 0 rings (SSSR count). The molecule has 0 amide bonds. The summed E-state index contributed by atoms with van der Waals surface area (Å²) in [5, 5.41) is 8.00. The van der Waals surface area contributed by atoms with E-state index in [0.717, 1.165) is 0 Å². The van der Waals surface area contributed by atoms with Crippen LogP contribution in [0, 0.1) is 0 Å². The quantitative estimate of drug-likeness (QED) is 0.427. The average Bonchev–Trinajstić information content (AvgIpc) is 1.52. The van der Waals surface area contributed by atoms with E-state index in [2.05, 4.69) is 0 Å². The molecule has 0 aromatic carbocycles. The van der Waals surface area contributed by atoms with Crippen LogP contribution < -0.4 is 5.73 Å². The van der Waals surface area contributed by atoms with Crippen LogP contribution >= 0.6 is 0 Å². The Morgan fingerprint density at radius 3 is 1.75 bits per heavy atom. The molecule has 0 heterocycles. The maximum atomic E-state index is 9.73. The zero-order valence-corrected chi connectivity index (χ0v) is 7.15. The van der Waals surface area contributed by atoms with Crippen molar-refractivity contribution >= 4 is 16.4 Å². The SMILES string of the molecule is C[C@H](N)CC(=O)O.O=S(=O)(O)O. The summed E-state index contributed by atoms with van der Waals surface area (Å²) >= 11 is 0. The highest BCUT2D eigenvalue weighted by Gasteiger charge is 1.98. The molecule has 0 radical (unpaired) electrons. The van der Waals surface area contributed by atoms with E-state index < -0.39 is 16.4 Å². The van der Waals surface area contributed by atoms with Gasteiger partial charge in [0.1, 0.15) is 0 Å². The molecule has 0 bridgehead atoms. The predicted molar refractivity (Wildman–Crippen MR) is 40.1 cm³/mol. The molecule has 0 spiro atoms. The van der Waals surface area contributed by atoms with Crippen molar-refractivity contribution in [1.82, 2.24) is 0 Å².